The van der Waals surface area contributed by atoms with E-state index in [9.17, 15) is 14.9 Å². The SMILES string of the molecule is CCn1c(C(=O)Nc2cc([N+](=O)[O-])ccc2OC)c(C)c2cc(Cl)ccc21. The van der Waals surface area contributed by atoms with Crippen molar-refractivity contribution in [1.82, 2.24) is 4.57 Å². The second-order valence-corrected chi connectivity index (χ2v) is 6.41. The molecule has 0 bridgehead atoms. The van der Waals surface area contributed by atoms with Crippen LogP contribution in [0.4, 0.5) is 11.4 Å². The Kier molecular flexibility index (Phi) is 5.05. The van der Waals surface area contributed by atoms with Crippen LogP contribution in [0.3, 0.4) is 0 Å². The van der Waals surface area contributed by atoms with Gasteiger partial charge in [-0.05, 0) is 43.7 Å². The van der Waals surface area contributed by atoms with Gasteiger partial charge in [0.15, 0.2) is 0 Å². The van der Waals surface area contributed by atoms with Crippen molar-refractivity contribution in [3.8, 4) is 5.75 Å². The molecular weight excluding hydrogens is 370 g/mol. The van der Waals surface area contributed by atoms with Gasteiger partial charge in [-0.2, -0.15) is 0 Å². The molecule has 0 fully saturated rings. The lowest BCUT2D eigenvalue weighted by Gasteiger charge is -2.12. The lowest BCUT2D eigenvalue weighted by atomic mass is 10.1. The predicted octanol–water partition coefficient (Wildman–Crippen LogP) is 4.79. The summed E-state index contributed by atoms with van der Waals surface area (Å²) in [6, 6.07) is 9.53. The Bertz CT molecular complexity index is 1060. The third-order valence-electron chi connectivity index (χ3n) is 4.45. The van der Waals surface area contributed by atoms with Crippen molar-refractivity contribution in [3.05, 3.63) is 62.8 Å². The number of ether oxygens (including phenoxy) is 1. The maximum atomic E-state index is 13.0. The molecular formula is C19H18ClN3O4. The predicted molar refractivity (Wildman–Crippen MR) is 105 cm³/mol. The molecule has 7 nitrogen and oxygen atoms in total. The molecule has 0 aliphatic carbocycles. The van der Waals surface area contributed by atoms with E-state index in [1.807, 2.05) is 30.5 Å². The number of methoxy groups -OCH3 is 1. The fourth-order valence-corrected chi connectivity index (χ4v) is 3.38. The highest BCUT2D eigenvalue weighted by Crippen LogP contribution is 2.32. The molecule has 0 atom stereocenters. The van der Waals surface area contributed by atoms with Crippen molar-refractivity contribution in [2.24, 2.45) is 0 Å². The number of benzene rings is 2. The first kappa shape index (κ1) is 18.7. The van der Waals surface area contributed by atoms with E-state index in [2.05, 4.69) is 5.32 Å². The number of hydrogen-bond donors (Lipinski definition) is 1. The van der Waals surface area contributed by atoms with Gasteiger partial charge < -0.3 is 14.6 Å². The number of nitro benzene ring substituents is 1. The van der Waals surface area contributed by atoms with Crippen LogP contribution in [0.2, 0.25) is 5.02 Å². The number of non-ortho nitro benzene ring substituents is 1. The van der Waals surface area contributed by atoms with Gasteiger partial charge in [-0.25, -0.2) is 0 Å². The third kappa shape index (κ3) is 3.33. The number of anilines is 1. The number of nitro groups is 1. The minimum Gasteiger partial charge on any atom is -0.495 e. The van der Waals surface area contributed by atoms with Gasteiger partial charge in [0.25, 0.3) is 11.6 Å². The van der Waals surface area contributed by atoms with E-state index in [0.29, 0.717) is 23.0 Å². The van der Waals surface area contributed by atoms with Gasteiger partial charge in [0, 0.05) is 34.6 Å². The monoisotopic (exact) mass is 387 g/mol. The molecule has 1 amide bonds. The number of aromatic nitrogens is 1. The quantitative estimate of drug-likeness (QED) is 0.503. The number of halogens is 1. The van der Waals surface area contributed by atoms with Gasteiger partial charge in [0.05, 0.1) is 17.7 Å². The summed E-state index contributed by atoms with van der Waals surface area (Å²) in [4.78, 5) is 23.6. The first-order valence-electron chi connectivity index (χ1n) is 8.29. The molecule has 0 spiro atoms. The Balaban J connectivity index is 2.08. The summed E-state index contributed by atoms with van der Waals surface area (Å²) in [7, 11) is 1.44. The highest BCUT2D eigenvalue weighted by Gasteiger charge is 2.22. The summed E-state index contributed by atoms with van der Waals surface area (Å²) in [5, 5.41) is 15.3. The molecule has 1 N–H and O–H groups in total. The van der Waals surface area contributed by atoms with Crippen LogP contribution in [0, 0.1) is 17.0 Å². The molecule has 0 unspecified atom stereocenters. The van der Waals surface area contributed by atoms with Crippen LogP contribution in [0.5, 0.6) is 5.75 Å². The Morgan fingerprint density at radius 3 is 2.67 bits per heavy atom. The molecule has 0 saturated heterocycles. The van der Waals surface area contributed by atoms with Crippen molar-refractivity contribution >= 4 is 39.8 Å². The Morgan fingerprint density at radius 1 is 1.30 bits per heavy atom. The van der Waals surface area contributed by atoms with Crippen LogP contribution in [-0.2, 0) is 6.54 Å². The second-order valence-electron chi connectivity index (χ2n) is 5.98. The maximum Gasteiger partial charge on any atom is 0.272 e. The Hall–Kier alpha value is -3.06. The molecule has 140 valence electrons. The smallest absolute Gasteiger partial charge is 0.272 e. The zero-order valence-electron chi connectivity index (χ0n) is 15.1. The molecule has 2 aromatic carbocycles. The van der Waals surface area contributed by atoms with Gasteiger partial charge in [-0.1, -0.05) is 11.6 Å². The van der Waals surface area contributed by atoms with Crippen molar-refractivity contribution in [3.63, 3.8) is 0 Å². The highest BCUT2D eigenvalue weighted by molar-refractivity contribution is 6.31. The number of nitrogens with zero attached hydrogens (tertiary/aromatic N) is 2. The summed E-state index contributed by atoms with van der Waals surface area (Å²) in [6.07, 6.45) is 0. The molecule has 0 aliphatic rings. The van der Waals surface area contributed by atoms with E-state index in [1.54, 1.807) is 6.07 Å². The highest BCUT2D eigenvalue weighted by atomic mass is 35.5. The van der Waals surface area contributed by atoms with E-state index < -0.39 is 4.92 Å². The fourth-order valence-electron chi connectivity index (χ4n) is 3.20. The van der Waals surface area contributed by atoms with Gasteiger partial charge in [0.1, 0.15) is 11.4 Å². The number of rotatable bonds is 5. The second kappa shape index (κ2) is 7.28. The average Bonchev–Trinajstić information content (AvgIpc) is 2.93. The largest absolute Gasteiger partial charge is 0.495 e. The minimum absolute atomic E-state index is 0.134. The third-order valence-corrected chi connectivity index (χ3v) is 4.69. The Morgan fingerprint density at radius 2 is 2.04 bits per heavy atom. The standard InChI is InChI=1S/C19H18ClN3O4/c1-4-22-16-7-5-12(20)9-14(16)11(2)18(22)19(24)21-15-10-13(23(25)26)6-8-17(15)27-3/h5-10H,4H2,1-3H3,(H,21,24). The molecule has 0 aliphatic heterocycles. The van der Waals surface area contributed by atoms with Gasteiger partial charge in [0.2, 0.25) is 0 Å². The summed E-state index contributed by atoms with van der Waals surface area (Å²) in [5.74, 6) is -0.0331. The normalized spacial score (nSPS) is 10.8. The molecule has 0 radical (unpaired) electrons. The summed E-state index contributed by atoms with van der Waals surface area (Å²) < 4.78 is 7.11. The number of nitrogens with one attached hydrogen (secondary N) is 1. The number of aryl methyl sites for hydroxylation is 2. The summed E-state index contributed by atoms with van der Waals surface area (Å²) >= 11 is 6.10. The molecule has 1 aromatic heterocycles. The lowest BCUT2D eigenvalue weighted by Crippen LogP contribution is -2.18. The molecule has 3 rings (SSSR count). The van der Waals surface area contributed by atoms with Gasteiger partial charge in [-0.15, -0.1) is 0 Å². The van der Waals surface area contributed by atoms with E-state index >= 15 is 0 Å². The topological polar surface area (TPSA) is 86.4 Å². The van der Waals surface area contributed by atoms with Crippen molar-refractivity contribution < 1.29 is 14.5 Å². The maximum absolute atomic E-state index is 13.0. The summed E-state index contributed by atoms with van der Waals surface area (Å²) in [6.45, 7) is 4.38. The number of hydrogen-bond acceptors (Lipinski definition) is 4. The fraction of sp³-hybridized carbons (Fsp3) is 0.211. The number of carbonyl (C=O) groups excluding carboxylic acids is 1. The van der Waals surface area contributed by atoms with Crippen LogP contribution in [0.1, 0.15) is 23.0 Å². The van der Waals surface area contributed by atoms with Crippen LogP contribution in [0.25, 0.3) is 10.9 Å². The zero-order valence-corrected chi connectivity index (χ0v) is 15.8. The van der Waals surface area contributed by atoms with Crippen molar-refractivity contribution in [2.75, 3.05) is 12.4 Å². The zero-order chi connectivity index (χ0) is 19.7. The molecule has 0 saturated carbocycles. The van der Waals surface area contributed by atoms with Crippen molar-refractivity contribution in [2.45, 2.75) is 20.4 Å². The van der Waals surface area contributed by atoms with Gasteiger partial charge in [-0.3, -0.25) is 14.9 Å². The lowest BCUT2D eigenvalue weighted by molar-refractivity contribution is -0.384. The van der Waals surface area contributed by atoms with E-state index in [4.69, 9.17) is 16.3 Å². The number of fused-ring (bicyclic) bond motifs is 1. The van der Waals surface area contributed by atoms with Crippen LogP contribution in [-0.4, -0.2) is 22.5 Å². The molecule has 3 aromatic rings. The van der Waals surface area contributed by atoms with Crippen LogP contribution < -0.4 is 10.1 Å². The van der Waals surface area contributed by atoms with Crippen LogP contribution >= 0.6 is 11.6 Å². The van der Waals surface area contributed by atoms with E-state index in [-0.39, 0.29) is 17.3 Å². The first-order valence-corrected chi connectivity index (χ1v) is 8.67. The van der Waals surface area contributed by atoms with Crippen LogP contribution in [0.15, 0.2) is 36.4 Å². The summed E-state index contributed by atoms with van der Waals surface area (Å²) in [5.41, 5.74) is 2.27. The number of carbonyl (C=O) groups is 1. The van der Waals surface area contributed by atoms with E-state index in [0.717, 1.165) is 16.5 Å². The molecule has 27 heavy (non-hydrogen) atoms. The average molecular weight is 388 g/mol. The van der Waals surface area contributed by atoms with Gasteiger partial charge >= 0.3 is 0 Å². The van der Waals surface area contributed by atoms with Crippen molar-refractivity contribution in [1.29, 1.82) is 0 Å². The Labute approximate surface area is 160 Å². The first-order chi connectivity index (χ1) is 12.9. The molecule has 1 heterocycles. The number of amides is 1. The molecule has 8 heteroatoms. The minimum atomic E-state index is -0.522. The van der Waals surface area contributed by atoms with E-state index in [1.165, 1.54) is 25.3 Å².